The number of pyridine rings is 1. The van der Waals surface area contributed by atoms with Crippen LogP contribution in [0.4, 0.5) is 9.18 Å². The van der Waals surface area contributed by atoms with Crippen LogP contribution in [0.1, 0.15) is 42.5 Å². The Morgan fingerprint density at radius 1 is 0.921 bits per heavy atom. The van der Waals surface area contributed by atoms with E-state index in [-0.39, 0.29) is 24.0 Å². The molecule has 1 saturated heterocycles. The van der Waals surface area contributed by atoms with Gasteiger partial charge in [-0.2, -0.15) is 0 Å². The number of benzene rings is 1. The summed E-state index contributed by atoms with van der Waals surface area (Å²) in [5.41, 5.74) is 3.89. The smallest absolute Gasteiger partial charge is 0.320 e. The third-order valence-corrected chi connectivity index (χ3v) is 7.96. The minimum atomic E-state index is -0.438. The monoisotopic (exact) mass is 511 g/mol. The molecule has 0 radical (unpaired) electrons. The van der Waals surface area contributed by atoms with Crippen LogP contribution in [-0.4, -0.2) is 61.0 Å². The molecule has 0 saturated carbocycles. The van der Waals surface area contributed by atoms with Gasteiger partial charge in [-0.05, 0) is 49.1 Å². The first kappa shape index (κ1) is 22.9. The van der Waals surface area contributed by atoms with Gasteiger partial charge in [0.2, 0.25) is 0 Å². The third kappa shape index (κ3) is 3.48. The van der Waals surface area contributed by atoms with Gasteiger partial charge in [-0.15, -0.1) is 0 Å². The van der Waals surface area contributed by atoms with Crippen molar-refractivity contribution in [2.45, 2.75) is 38.8 Å². The number of fused-ring (bicyclic) bond motifs is 1. The van der Waals surface area contributed by atoms with Crippen LogP contribution in [0.2, 0.25) is 0 Å². The maximum Gasteiger partial charge on any atom is 0.320 e. The number of allylic oxidation sites excluding steroid dienone is 2. The van der Waals surface area contributed by atoms with Crippen LogP contribution in [0.5, 0.6) is 0 Å². The second-order valence-corrected chi connectivity index (χ2v) is 10.3. The van der Waals surface area contributed by atoms with Crippen molar-refractivity contribution >= 4 is 45.3 Å². The molecule has 3 aromatic heterocycles. The Morgan fingerprint density at radius 3 is 2.58 bits per heavy atom. The van der Waals surface area contributed by atoms with E-state index in [1.807, 2.05) is 40.1 Å². The SMILES string of the molecule is O=C1CC(=O)C(c2cnc3ccccn23)=C1c1cn2c3c(cc(F)cc13)CN(C(=O)N1CCCCC1)CC2. The zero-order chi connectivity index (χ0) is 26.0. The highest BCUT2D eigenvalue weighted by Gasteiger charge is 2.36. The summed E-state index contributed by atoms with van der Waals surface area (Å²) in [6, 6.07) is 8.44. The average molecular weight is 512 g/mol. The zero-order valence-electron chi connectivity index (χ0n) is 20.8. The number of rotatable bonds is 2. The Hall–Kier alpha value is -4.27. The number of imidazole rings is 1. The molecule has 2 aliphatic heterocycles. The molecule has 0 unspecified atom stereocenters. The van der Waals surface area contributed by atoms with E-state index in [4.69, 9.17) is 0 Å². The molecule has 1 aromatic carbocycles. The Balaban J connectivity index is 1.37. The minimum Gasteiger partial charge on any atom is -0.345 e. The summed E-state index contributed by atoms with van der Waals surface area (Å²) in [5, 5.41) is 0.580. The number of urea groups is 1. The van der Waals surface area contributed by atoms with Crippen LogP contribution < -0.4 is 0 Å². The van der Waals surface area contributed by atoms with Gasteiger partial charge >= 0.3 is 6.03 Å². The summed E-state index contributed by atoms with van der Waals surface area (Å²) in [7, 11) is 0. The Morgan fingerprint density at radius 2 is 1.74 bits per heavy atom. The minimum absolute atomic E-state index is 0.0118. The largest absolute Gasteiger partial charge is 0.345 e. The molecule has 192 valence electrons. The van der Waals surface area contributed by atoms with Crippen LogP contribution in [0.15, 0.2) is 48.9 Å². The Kier molecular flexibility index (Phi) is 5.21. The predicted molar refractivity (Wildman–Crippen MR) is 140 cm³/mol. The number of carbonyl (C=O) groups is 3. The van der Waals surface area contributed by atoms with Gasteiger partial charge in [0.1, 0.15) is 11.5 Å². The van der Waals surface area contributed by atoms with Crippen molar-refractivity contribution in [2.24, 2.45) is 0 Å². The van der Waals surface area contributed by atoms with E-state index < -0.39 is 5.82 Å². The first-order valence-electron chi connectivity index (χ1n) is 13.1. The standard InChI is InChI=1S/C29H26FN5O3/c30-19-12-18-16-34(29(38)32-7-3-1-4-8-32)11-10-33-17-21(20(13-19)28(18)33)26-23(36)14-24(37)27(26)22-15-31-25-6-2-5-9-35(22)25/h2,5-6,9,12-13,15,17H,1,3-4,7-8,10-11,14,16H2. The number of hydrogen-bond donors (Lipinski definition) is 0. The van der Waals surface area contributed by atoms with Gasteiger partial charge in [0.05, 0.1) is 29.4 Å². The Labute approximate surface area is 217 Å². The predicted octanol–water partition coefficient (Wildman–Crippen LogP) is 4.30. The van der Waals surface area contributed by atoms with Gasteiger partial charge < -0.3 is 14.4 Å². The first-order valence-corrected chi connectivity index (χ1v) is 13.1. The van der Waals surface area contributed by atoms with Gasteiger partial charge in [-0.3, -0.25) is 14.0 Å². The maximum atomic E-state index is 15.0. The number of amides is 2. The quantitative estimate of drug-likeness (QED) is 0.376. The molecule has 0 bridgehead atoms. The molecule has 1 aliphatic carbocycles. The van der Waals surface area contributed by atoms with Crippen LogP contribution in [0, 0.1) is 5.82 Å². The van der Waals surface area contributed by atoms with Crippen molar-refractivity contribution < 1.29 is 18.8 Å². The maximum absolute atomic E-state index is 15.0. The van der Waals surface area contributed by atoms with Crippen molar-refractivity contribution in [1.29, 1.82) is 0 Å². The summed E-state index contributed by atoms with van der Waals surface area (Å²) in [6.45, 7) is 2.77. The normalized spacial score (nSPS) is 18.2. The van der Waals surface area contributed by atoms with E-state index >= 15 is 4.39 Å². The fourth-order valence-electron chi connectivity index (χ4n) is 6.22. The summed E-state index contributed by atoms with van der Waals surface area (Å²) in [6.07, 6.45) is 8.19. The first-order chi connectivity index (χ1) is 18.5. The van der Waals surface area contributed by atoms with E-state index in [2.05, 4.69) is 4.98 Å². The number of nitrogens with zero attached hydrogens (tertiary/aromatic N) is 5. The summed E-state index contributed by atoms with van der Waals surface area (Å²) in [5.74, 6) is -0.981. The van der Waals surface area contributed by atoms with Crippen molar-refractivity contribution in [3.05, 3.63) is 71.6 Å². The molecule has 0 N–H and O–H groups in total. The number of carbonyl (C=O) groups excluding carboxylic acids is 3. The van der Waals surface area contributed by atoms with Gasteiger partial charge in [0.15, 0.2) is 11.6 Å². The summed E-state index contributed by atoms with van der Waals surface area (Å²) >= 11 is 0. The lowest BCUT2D eigenvalue weighted by Gasteiger charge is -2.32. The molecule has 0 atom stereocenters. The van der Waals surface area contributed by atoms with Crippen LogP contribution in [0.3, 0.4) is 0 Å². The second-order valence-electron chi connectivity index (χ2n) is 10.3. The van der Waals surface area contributed by atoms with Crippen molar-refractivity contribution in [3.63, 3.8) is 0 Å². The lowest BCUT2D eigenvalue weighted by molar-refractivity contribution is -0.119. The molecule has 7 rings (SSSR count). The number of ketones is 2. The third-order valence-electron chi connectivity index (χ3n) is 7.96. The molecular weight excluding hydrogens is 485 g/mol. The second kappa shape index (κ2) is 8.65. The number of halogens is 1. The van der Waals surface area contributed by atoms with Crippen LogP contribution in [0.25, 0.3) is 27.7 Å². The van der Waals surface area contributed by atoms with Crippen LogP contribution in [-0.2, 0) is 22.7 Å². The van der Waals surface area contributed by atoms with Gasteiger partial charge in [0, 0.05) is 61.6 Å². The van der Waals surface area contributed by atoms with Gasteiger partial charge in [0.25, 0.3) is 0 Å². The molecule has 5 heterocycles. The van der Waals surface area contributed by atoms with Crippen molar-refractivity contribution in [2.75, 3.05) is 19.6 Å². The number of aromatic nitrogens is 3. The molecular formula is C29H26FN5O3. The van der Waals surface area contributed by atoms with Crippen LogP contribution >= 0.6 is 0 Å². The lowest BCUT2D eigenvalue weighted by atomic mass is 9.98. The lowest BCUT2D eigenvalue weighted by Crippen LogP contribution is -2.45. The zero-order valence-corrected chi connectivity index (χ0v) is 20.8. The fourth-order valence-corrected chi connectivity index (χ4v) is 6.22. The van der Waals surface area contributed by atoms with E-state index in [1.165, 1.54) is 12.1 Å². The molecule has 9 heteroatoms. The van der Waals surface area contributed by atoms with E-state index in [1.54, 1.807) is 15.5 Å². The molecule has 2 amide bonds. The highest BCUT2D eigenvalue weighted by molar-refractivity contribution is 6.51. The average Bonchev–Trinajstić information content (AvgIpc) is 3.54. The van der Waals surface area contributed by atoms with E-state index in [9.17, 15) is 14.4 Å². The molecule has 4 aromatic rings. The Bertz CT molecular complexity index is 1690. The number of likely N-dealkylation sites (tertiary alicyclic amines) is 1. The summed E-state index contributed by atoms with van der Waals surface area (Å²) in [4.78, 5) is 47.8. The van der Waals surface area contributed by atoms with Crippen molar-refractivity contribution in [1.82, 2.24) is 23.8 Å². The molecule has 1 fully saturated rings. The molecule has 38 heavy (non-hydrogen) atoms. The number of piperidine rings is 1. The molecule has 8 nitrogen and oxygen atoms in total. The number of hydrogen-bond acceptors (Lipinski definition) is 4. The van der Waals surface area contributed by atoms with E-state index in [0.717, 1.165) is 37.9 Å². The molecule has 0 spiro atoms. The summed E-state index contributed by atoms with van der Waals surface area (Å²) < 4.78 is 18.8. The number of Topliss-reactive ketones (excluding diaryl/α,β-unsaturated/α-hetero) is 2. The highest BCUT2D eigenvalue weighted by Crippen LogP contribution is 2.41. The fraction of sp³-hybridized carbons (Fsp3) is 0.310. The highest BCUT2D eigenvalue weighted by atomic mass is 19.1. The van der Waals surface area contributed by atoms with E-state index in [0.29, 0.717) is 58.6 Å². The molecule has 3 aliphatic rings. The van der Waals surface area contributed by atoms with Gasteiger partial charge in [-0.25, -0.2) is 14.2 Å². The van der Waals surface area contributed by atoms with Crippen molar-refractivity contribution in [3.8, 4) is 0 Å². The van der Waals surface area contributed by atoms with Gasteiger partial charge in [-0.1, -0.05) is 6.07 Å². The topological polar surface area (TPSA) is 79.9 Å².